The van der Waals surface area contributed by atoms with Crippen molar-refractivity contribution in [2.75, 3.05) is 18.4 Å². The molecule has 0 unspecified atom stereocenters. The van der Waals surface area contributed by atoms with E-state index < -0.39 is 48.6 Å². The number of benzene rings is 1. The van der Waals surface area contributed by atoms with Crippen LogP contribution in [0.2, 0.25) is 5.02 Å². The van der Waals surface area contributed by atoms with Crippen molar-refractivity contribution in [1.29, 1.82) is 0 Å². The molecule has 36 heavy (non-hydrogen) atoms. The van der Waals surface area contributed by atoms with E-state index in [1.165, 1.54) is 4.68 Å². The van der Waals surface area contributed by atoms with Gasteiger partial charge >= 0.3 is 6.18 Å². The Bertz CT molecular complexity index is 1230. The number of aromatic nitrogens is 4. The third-order valence-corrected chi connectivity index (χ3v) is 6.21. The van der Waals surface area contributed by atoms with Gasteiger partial charge in [0.05, 0.1) is 25.0 Å². The summed E-state index contributed by atoms with van der Waals surface area (Å²) in [6.45, 7) is 0.751. The first kappa shape index (κ1) is 25.8. The Kier molecular flexibility index (Phi) is 6.91. The van der Waals surface area contributed by atoms with Crippen molar-refractivity contribution >= 4 is 23.3 Å². The van der Waals surface area contributed by atoms with Crippen LogP contribution in [0.4, 0.5) is 27.8 Å². The molecule has 1 amide bonds. The molecule has 0 radical (unpaired) electrons. The number of aryl methyl sites for hydroxylation is 1. The molecule has 0 spiro atoms. The van der Waals surface area contributed by atoms with E-state index in [-0.39, 0.29) is 18.1 Å². The monoisotopic (exact) mass is 528 g/mol. The normalized spacial score (nSPS) is 19.8. The smallest absolute Gasteiger partial charge is 0.367 e. The van der Waals surface area contributed by atoms with Gasteiger partial charge in [-0.2, -0.15) is 18.3 Å². The Labute approximate surface area is 208 Å². The molecule has 1 aliphatic heterocycles. The maximum atomic E-state index is 14.6. The van der Waals surface area contributed by atoms with E-state index in [2.05, 4.69) is 20.4 Å². The van der Waals surface area contributed by atoms with E-state index in [9.17, 15) is 26.7 Å². The summed E-state index contributed by atoms with van der Waals surface area (Å²) < 4.78 is 68.8. The van der Waals surface area contributed by atoms with Gasteiger partial charge in [-0.05, 0) is 23.6 Å². The minimum absolute atomic E-state index is 0.00374. The number of nitrogens with zero attached hydrogens (tertiary/aromatic N) is 5. The van der Waals surface area contributed by atoms with Gasteiger partial charge in [-0.25, -0.2) is 18.7 Å². The summed E-state index contributed by atoms with van der Waals surface area (Å²) in [5.41, 5.74) is -0.0483. The lowest BCUT2D eigenvalue weighted by Crippen LogP contribution is -2.57. The Morgan fingerprint density at radius 2 is 1.89 bits per heavy atom. The van der Waals surface area contributed by atoms with Gasteiger partial charge in [0, 0.05) is 36.8 Å². The largest absolute Gasteiger partial charge is 0.434 e. The van der Waals surface area contributed by atoms with Gasteiger partial charge in [-0.1, -0.05) is 30.7 Å². The van der Waals surface area contributed by atoms with E-state index in [0.29, 0.717) is 22.3 Å². The molecular weight excluding hydrogens is 507 g/mol. The summed E-state index contributed by atoms with van der Waals surface area (Å²) in [6, 6.07) is 5.99. The summed E-state index contributed by atoms with van der Waals surface area (Å²) in [5, 5.41) is 7.56. The van der Waals surface area contributed by atoms with Gasteiger partial charge in [0.25, 0.3) is 11.8 Å². The third kappa shape index (κ3) is 5.58. The minimum atomic E-state index is -4.64. The lowest BCUT2D eigenvalue weighted by atomic mass is 9.88. The molecule has 13 heteroatoms. The third-order valence-electron chi connectivity index (χ3n) is 5.96. The molecule has 1 fully saturated rings. The highest BCUT2D eigenvalue weighted by molar-refractivity contribution is 6.30. The first-order valence-electron chi connectivity index (χ1n) is 11.0. The van der Waals surface area contributed by atoms with Gasteiger partial charge in [0.1, 0.15) is 5.82 Å². The summed E-state index contributed by atoms with van der Waals surface area (Å²) >= 11 is 5.96. The van der Waals surface area contributed by atoms with Crippen molar-refractivity contribution < 1.29 is 26.7 Å². The van der Waals surface area contributed by atoms with Crippen molar-refractivity contribution in [1.82, 2.24) is 24.6 Å². The molecule has 3 aromatic rings. The lowest BCUT2D eigenvalue weighted by Gasteiger charge is -2.43. The summed E-state index contributed by atoms with van der Waals surface area (Å²) in [4.78, 5) is 21.7. The molecule has 0 saturated carbocycles. The van der Waals surface area contributed by atoms with Crippen molar-refractivity contribution in [3.05, 3.63) is 59.3 Å². The van der Waals surface area contributed by atoms with Gasteiger partial charge in [0.2, 0.25) is 0 Å². The molecular formula is C23H22ClF5N6O. The number of alkyl halides is 5. The summed E-state index contributed by atoms with van der Waals surface area (Å²) in [6.07, 6.45) is -1.98. The van der Waals surface area contributed by atoms with Crippen LogP contribution >= 0.6 is 11.6 Å². The molecule has 2 aromatic heterocycles. The summed E-state index contributed by atoms with van der Waals surface area (Å²) in [5.74, 6) is -4.40. The number of likely N-dealkylation sites (tertiary alicyclic amines) is 1. The zero-order chi connectivity index (χ0) is 26.3. The highest BCUT2D eigenvalue weighted by atomic mass is 35.5. The molecule has 3 heterocycles. The van der Waals surface area contributed by atoms with Gasteiger partial charge in [-0.3, -0.25) is 9.48 Å². The minimum Gasteiger partial charge on any atom is -0.367 e. The van der Waals surface area contributed by atoms with Crippen molar-refractivity contribution in [2.45, 2.75) is 31.5 Å². The van der Waals surface area contributed by atoms with Crippen LogP contribution in [0.1, 0.15) is 29.5 Å². The molecule has 1 saturated heterocycles. The number of hydrogen-bond acceptors (Lipinski definition) is 5. The zero-order valence-electron chi connectivity index (χ0n) is 19.2. The second kappa shape index (κ2) is 9.64. The Morgan fingerprint density at radius 3 is 2.50 bits per heavy atom. The molecule has 1 aromatic carbocycles. The SMILES string of the molecule is C[C@@H]1CC(F)(F)CN(C(=O)c2nn(C)cc2-c2ccc(Cl)cc2)[C@@H]1CNc1cnc(C(F)(F)F)cn1. The number of amides is 1. The van der Waals surface area contributed by atoms with E-state index in [4.69, 9.17) is 11.6 Å². The molecule has 4 rings (SSSR count). The second-order valence-electron chi connectivity index (χ2n) is 8.78. The molecule has 1 N–H and O–H groups in total. The van der Waals surface area contributed by atoms with Crippen LogP contribution in [0.25, 0.3) is 11.1 Å². The van der Waals surface area contributed by atoms with Crippen LogP contribution in [0, 0.1) is 5.92 Å². The number of rotatable bonds is 5. The average molecular weight is 529 g/mol. The molecule has 7 nitrogen and oxygen atoms in total. The molecule has 192 valence electrons. The van der Waals surface area contributed by atoms with Crippen molar-refractivity contribution in [3.8, 4) is 11.1 Å². The second-order valence-corrected chi connectivity index (χ2v) is 9.21. The number of hydrogen-bond donors (Lipinski definition) is 1. The number of carbonyl (C=O) groups excluding carboxylic acids is 1. The fourth-order valence-corrected chi connectivity index (χ4v) is 4.40. The van der Waals surface area contributed by atoms with Crippen molar-refractivity contribution in [2.24, 2.45) is 13.0 Å². The first-order valence-corrected chi connectivity index (χ1v) is 11.3. The van der Waals surface area contributed by atoms with E-state index in [1.54, 1.807) is 44.4 Å². The Hall–Kier alpha value is -3.28. The number of halogens is 6. The quantitative estimate of drug-likeness (QED) is 0.464. The number of carbonyl (C=O) groups is 1. The van der Waals surface area contributed by atoms with E-state index in [1.807, 2.05) is 0 Å². The lowest BCUT2D eigenvalue weighted by molar-refractivity contribution is -0.141. The van der Waals surface area contributed by atoms with E-state index in [0.717, 1.165) is 11.1 Å². The van der Waals surface area contributed by atoms with Gasteiger partial charge in [-0.15, -0.1) is 0 Å². The number of anilines is 1. The fraction of sp³-hybridized carbons (Fsp3) is 0.391. The van der Waals surface area contributed by atoms with Gasteiger partial charge in [0.15, 0.2) is 11.4 Å². The van der Waals surface area contributed by atoms with Crippen LogP contribution in [-0.2, 0) is 13.2 Å². The fourth-order valence-electron chi connectivity index (χ4n) is 4.28. The average Bonchev–Trinajstić information content (AvgIpc) is 3.19. The maximum Gasteiger partial charge on any atom is 0.434 e. The van der Waals surface area contributed by atoms with Crippen molar-refractivity contribution in [3.63, 3.8) is 0 Å². The van der Waals surface area contributed by atoms with Crippen LogP contribution in [0.3, 0.4) is 0 Å². The van der Waals surface area contributed by atoms with Crippen LogP contribution < -0.4 is 5.32 Å². The van der Waals surface area contributed by atoms with Crippen LogP contribution in [0.5, 0.6) is 0 Å². The number of nitrogens with one attached hydrogen (secondary N) is 1. The maximum absolute atomic E-state index is 14.6. The highest BCUT2D eigenvalue weighted by Gasteiger charge is 2.47. The summed E-state index contributed by atoms with van der Waals surface area (Å²) in [7, 11) is 1.62. The zero-order valence-corrected chi connectivity index (χ0v) is 20.0. The predicted octanol–water partition coefficient (Wildman–Crippen LogP) is 5.15. The Balaban J connectivity index is 1.60. The highest BCUT2D eigenvalue weighted by Crippen LogP contribution is 2.36. The van der Waals surface area contributed by atoms with Gasteiger partial charge < -0.3 is 10.2 Å². The standard InChI is InChI=1S/C23H22ClF5N6O/c1-13-7-22(25,26)12-35(17(13)8-31-19-10-30-18(9-32-19)23(27,28)29)21(36)20-16(11-34(2)33-20)14-3-5-15(24)6-4-14/h3-6,9-11,13,17H,7-8,12H2,1-2H3,(H,31,32)/t13-,17-/m1/s1. The molecule has 1 aliphatic rings. The van der Waals surface area contributed by atoms with E-state index >= 15 is 0 Å². The first-order chi connectivity index (χ1) is 16.8. The molecule has 0 aliphatic carbocycles. The molecule has 0 bridgehead atoms. The topological polar surface area (TPSA) is 75.9 Å². The number of piperidine rings is 1. The molecule has 2 atom stereocenters. The predicted molar refractivity (Wildman–Crippen MR) is 123 cm³/mol. The Morgan fingerprint density at radius 1 is 1.19 bits per heavy atom. The van der Waals surface area contributed by atoms with Crippen LogP contribution in [0.15, 0.2) is 42.9 Å². The van der Waals surface area contributed by atoms with Crippen LogP contribution in [-0.4, -0.2) is 55.6 Å².